The van der Waals surface area contributed by atoms with Crippen LogP contribution in [0.3, 0.4) is 0 Å². The molecule has 2 aromatic carbocycles. The summed E-state index contributed by atoms with van der Waals surface area (Å²) in [6.45, 7) is 0. The number of hydrogen-bond donors (Lipinski definition) is 2. The third-order valence-corrected chi connectivity index (χ3v) is 3.27. The lowest BCUT2D eigenvalue weighted by atomic mass is 10.1. The first kappa shape index (κ1) is 17.1. The van der Waals surface area contributed by atoms with Crippen molar-refractivity contribution < 1.29 is 24.2 Å². The summed E-state index contributed by atoms with van der Waals surface area (Å²) in [6.07, 6.45) is 1.31. The summed E-state index contributed by atoms with van der Waals surface area (Å²) in [5, 5.41) is 11.8. The van der Waals surface area contributed by atoms with Gasteiger partial charge in [0.05, 0.1) is 19.8 Å². The Hall–Kier alpha value is -3.28. The number of carboxylic acids is 1. The number of nitrogens with one attached hydrogen (secondary N) is 1. The Balaban J connectivity index is 2.40. The topological polar surface area (TPSA) is 84.9 Å². The number of carboxylic acid groups (broad SMARTS) is 1. The second kappa shape index (κ2) is 7.82. The Morgan fingerprint density at radius 3 is 2.04 bits per heavy atom. The van der Waals surface area contributed by atoms with E-state index in [1.807, 2.05) is 0 Å². The first-order valence-corrected chi connectivity index (χ1v) is 7.09. The molecule has 0 saturated carbocycles. The monoisotopic (exact) mass is 327 g/mol. The number of carbonyl (C=O) groups is 2. The number of rotatable bonds is 6. The van der Waals surface area contributed by atoms with Gasteiger partial charge in [0.15, 0.2) is 0 Å². The molecule has 6 heteroatoms. The zero-order valence-corrected chi connectivity index (χ0v) is 13.3. The van der Waals surface area contributed by atoms with E-state index in [2.05, 4.69) is 5.32 Å². The van der Waals surface area contributed by atoms with Crippen LogP contribution in [0, 0.1) is 0 Å². The summed E-state index contributed by atoms with van der Waals surface area (Å²) in [5.41, 5.74) is 0.497. The minimum atomic E-state index is -1.27. The maximum atomic E-state index is 12.2. The summed E-state index contributed by atoms with van der Waals surface area (Å²) in [4.78, 5) is 23.7. The minimum absolute atomic E-state index is 0.286. The summed E-state index contributed by atoms with van der Waals surface area (Å²) < 4.78 is 10.5. The molecule has 0 spiro atoms. The van der Waals surface area contributed by atoms with Crippen LogP contribution in [0.2, 0.25) is 0 Å². The van der Waals surface area contributed by atoms with E-state index in [1.165, 1.54) is 20.3 Å². The number of benzene rings is 2. The van der Waals surface area contributed by atoms with Gasteiger partial charge < -0.3 is 19.9 Å². The maximum Gasteiger partial charge on any atom is 0.352 e. The van der Waals surface area contributed by atoms with Crippen LogP contribution in [-0.2, 0) is 4.79 Å². The van der Waals surface area contributed by atoms with Crippen molar-refractivity contribution >= 4 is 18.0 Å². The average molecular weight is 327 g/mol. The van der Waals surface area contributed by atoms with Gasteiger partial charge in [-0.25, -0.2) is 4.79 Å². The average Bonchev–Trinajstić information content (AvgIpc) is 2.61. The van der Waals surface area contributed by atoms with E-state index in [-0.39, 0.29) is 5.70 Å². The Labute approximate surface area is 139 Å². The Morgan fingerprint density at radius 1 is 0.958 bits per heavy atom. The molecule has 2 N–H and O–H groups in total. The van der Waals surface area contributed by atoms with Crippen molar-refractivity contribution in [1.29, 1.82) is 0 Å². The second-order valence-electron chi connectivity index (χ2n) is 4.76. The van der Waals surface area contributed by atoms with Crippen LogP contribution in [0.25, 0.3) is 6.08 Å². The molecule has 0 aromatic heterocycles. The van der Waals surface area contributed by atoms with Crippen LogP contribution < -0.4 is 14.8 Å². The van der Waals surface area contributed by atoms with Crippen molar-refractivity contribution in [2.24, 2.45) is 0 Å². The van der Waals surface area contributed by atoms with Gasteiger partial charge >= 0.3 is 5.97 Å². The summed E-state index contributed by atoms with van der Waals surface area (Å²) in [6, 6.07) is 13.4. The summed E-state index contributed by atoms with van der Waals surface area (Å²) in [7, 11) is 2.93. The largest absolute Gasteiger partial charge is 0.496 e. The highest BCUT2D eigenvalue weighted by Gasteiger charge is 2.16. The van der Waals surface area contributed by atoms with Gasteiger partial charge in [0, 0.05) is 5.56 Å². The van der Waals surface area contributed by atoms with Gasteiger partial charge in [-0.3, -0.25) is 4.79 Å². The maximum absolute atomic E-state index is 12.2. The fourth-order valence-electron chi connectivity index (χ4n) is 2.10. The number of carbonyl (C=O) groups excluding carboxylic acids is 1. The standard InChI is InChI=1S/C18H17NO5/c1-23-15-9-6-10-16(24-2)13(15)11-14(18(21)22)19-17(20)12-7-4-3-5-8-12/h3-11H,1-2H3,(H,19,20)(H,21,22)/b14-11-. The first-order valence-electron chi connectivity index (χ1n) is 7.09. The number of ether oxygens (including phenoxy) is 2. The van der Waals surface area contributed by atoms with E-state index in [0.717, 1.165) is 0 Å². The third kappa shape index (κ3) is 3.92. The number of amides is 1. The van der Waals surface area contributed by atoms with Crippen LogP contribution in [0.1, 0.15) is 15.9 Å². The normalized spacial score (nSPS) is 10.8. The molecule has 2 aromatic rings. The molecule has 0 aliphatic heterocycles. The van der Waals surface area contributed by atoms with Crippen LogP contribution >= 0.6 is 0 Å². The molecule has 0 unspecified atom stereocenters. The fourth-order valence-corrected chi connectivity index (χ4v) is 2.10. The van der Waals surface area contributed by atoms with Gasteiger partial charge in [-0.1, -0.05) is 24.3 Å². The van der Waals surface area contributed by atoms with Crippen molar-refractivity contribution in [3.63, 3.8) is 0 Å². The number of methoxy groups -OCH3 is 2. The highest BCUT2D eigenvalue weighted by molar-refractivity contribution is 6.03. The molecule has 0 aliphatic carbocycles. The molecule has 0 aliphatic rings. The van der Waals surface area contributed by atoms with Crippen molar-refractivity contribution in [3.8, 4) is 11.5 Å². The molecular formula is C18H17NO5. The Bertz CT molecular complexity index is 746. The molecule has 2 rings (SSSR count). The van der Waals surface area contributed by atoms with Crippen LogP contribution in [0.5, 0.6) is 11.5 Å². The highest BCUT2D eigenvalue weighted by atomic mass is 16.5. The molecule has 0 fully saturated rings. The molecule has 0 saturated heterocycles. The zero-order valence-electron chi connectivity index (χ0n) is 13.3. The Morgan fingerprint density at radius 2 is 1.54 bits per heavy atom. The fraction of sp³-hybridized carbons (Fsp3) is 0.111. The van der Waals surface area contributed by atoms with E-state index in [4.69, 9.17) is 9.47 Å². The number of hydrogen-bond acceptors (Lipinski definition) is 4. The van der Waals surface area contributed by atoms with E-state index in [9.17, 15) is 14.7 Å². The van der Waals surface area contributed by atoms with Crippen molar-refractivity contribution in [3.05, 3.63) is 65.4 Å². The SMILES string of the molecule is COc1cccc(OC)c1/C=C(\NC(=O)c1ccccc1)C(=O)O. The molecule has 6 nitrogen and oxygen atoms in total. The smallest absolute Gasteiger partial charge is 0.352 e. The predicted octanol–water partition coefficient (Wildman–Crippen LogP) is 2.56. The van der Waals surface area contributed by atoms with Gasteiger partial charge in [0.1, 0.15) is 17.2 Å². The van der Waals surface area contributed by atoms with Gasteiger partial charge in [-0.05, 0) is 30.3 Å². The van der Waals surface area contributed by atoms with E-state index in [1.54, 1.807) is 48.5 Å². The van der Waals surface area contributed by atoms with Gasteiger partial charge in [-0.2, -0.15) is 0 Å². The van der Waals surface area contributed by atoms with Gasteiger partial charge in [0.2, 0.25) is 0 Å². The molecule has 0 radical (unpaired) electrons. The molecule has 1 amide bonds. The molecular weight excluding hydrogens is 310 g/mol. The summed E-state index contributed by atoms with van der Waals surface area (Å²) >= 11 is 0. The van der Waals surface area contributed by atoms with Crippen molar-refractivity contribution in [1.82, 2.24) is 5.32 Å². The Kier molecular flexibility index (Phi) is 5.57. The predicted molar refractivity (Wildman–Crippen MR) is 89.1 cm³/mol. The minimum Gasteiger partial charge on any atom is -0.496 e. The molecule has 0 bridgehead atoms. The van der Waals surface area contributed by atoms with E-state index < -0.39 is 11.9 Å². The molecule has 0 atom stereocenters. The van der Waals surface area contributed by atoms with Crippen molar-refractivity contribution in [2.45, 2.75) is 0 Å². The molecule has 0 heterocycles. The van der Waals surface area contributed by atoms with E-state index in [0.29, 0.717) is 22.6 Å². The first-order chi connectivity index (χ1) is 11.6. The third-order valence-electron chi connectivity index (χ3n) is 3.27. The summed E-state index contributed by atoms with van der Waals surface area (Å²) in [5.74, 6) is -0.922. The second-order valence-corrected chi connectivity index (χ2v) is 4.76. The van der Waals surface area contributed by atoms with Crippen LogP contribution in [0.4, 0.5) is 0 Å². The zero-order chi connectivity index (χ0) is 17.5. The molecule has 24 heavy (non-hydrogen) atoms. The van der Waals surface area contributed by atoms with E-state index >= 15 is 0 Å². The van der Waals surface area contributed by atoms with Crippen molar-refractivity contribution in [2.75, 3.05) is 14.2 Å². The quantitative estimate of drug-likeness (QED) is 0.797. The number of aliphatic carboxylic acids is 1. The van der Waals surface area contributed by atoms with Crippen LogP contribution in [0.15, 0.2) is 54.2 Å². The van der Waals surface area contributed by atoms with Crippen LogP contribution in [-0.4, -0.2) is 31.2 Å². The lowest BCUT2D eigenvalue weighted by Gasteiger charge is -2.12. The lowest BCUT2D eigenvalue weighted by Crippen LogP contribution is -2.27. The molecule has 124 valence electrons. The van der Waals surface area contributed by atoms with Gasteiger partial charge in [0.25, 0.3) is 5.91 Å². The lowest BCUT2D eigenvalue weighted by molar-refractivity contribution is -0.132. The van der Waals surface area contributed by atoms with Gasteiger partial charge in [-0.15, -0.1) is 0 Å². The highest BCUT2D eigenvalue weighted by Crippen LogP contribution is 2.30.